The maximum atomic E-state index is 12.1. The van der Waals surface area contributed by atoms with Crippen LogP contribution in [0.25, 0.3) is 0 Å². The molecule has 7 heteroatoms. The largest absolute Gasteiger partial charge is 0.355 e. The number of nitrogens with zero attached hydrogens (tertiary/aromatic N) is 1. The summed E-state index contributed by atoms with van der Waals surface area (Å²) in [5, 5.41) is 10.4. The molecule has 0 saturated carbocycles. The van der Waals surface area contributed by atoms with Crippen LogP contribution in [0.4, 0.5) is 0 Å². The summed E-state index contributed by atoms with van der Waals surface area (Å²) in [4.78, 5) is 16.4. The monoisotopic (exact) mass is 490 g/mol. The Balaban J connectivity index is 0.00000338. The number of aliphatic imine (C=N–C) groups is 1. The van der Waals surface area contributed by atoms with Gasteiger partial charge < -0.3 is 16.0 Å². The van der Waals surface area contributed by atoms with Gasteiger partial charge in [0.05, 0.1) is 0 Å². The van der Waals surface area contributed by atoms with Crippen LogP contribution < -0.4 is 16.0 Å². The van der Waals surface area contributed by atoms with E-state index in [0.29, 0.717) is 17.4 Å². The number of carbonyl (C=O) groups excluding carboxylic acids is 1. The van der Waals surface area contributed by atoms with Crippen molar-refractivity contribution in [1.82, 2.24) is 16.0 Å². The van der Waals surface area contributed by atoms with Crippen LogP contribution in [-0.4, -0.2) is 42.5 Å². The number of nitrogens with one attached hydrogen (secondary N) is 3. The van der Waals surface area contributed by atoms with Gasteiger partial charge in [-0.15, -0.1) is 24.0 Å². The second-order valence-corrected chi connectivity index (χ2v) is 7.83. The molecule has 0 radical (unpaired) electrons. The van der Waals surface area contributed by atoms with E-state index >= 15 is 0 Å². The van der Waals surface area contributed by atoms with E-state index in [2.05, 4.69) is 27.9 Å². The minimum Gasteiger partial charge on any atom is -0.355 e. The Hall–Kier alpha value is -0.960. The second kappa shape index (κ2) is 12.4. The summed E-state index contributed by atoms with van der Waals surface area (Å²) in [6.45, 7) is 5.72. The molecule has 1 aliphatic rings. The maximum absolute atomic E-state index is 12.1. The van der Waals surface area contributed by atoms with Gasteiger partial charge in [-0.3, -0.25) is 9.79 Å². The van der Waals surface area contributed by atoms with Gasteiger partial charge in [0.25, 0.3) is 5.91 Å². The molecule has 1 fully saturated rings. The first-order valence-corrected chi connectivity index (χ1v) is 10.1. The van der Waals surface area contributed by atoms with Crippen molar-refractivity contribution < 1.29 is 4.79 Å². The Kier molecular flexibility index (Phi) is 11.0. The number of amides is 1. The van der Waals surface area contributed by atoms with E-state index in [1.807, 2.05) is 43.0 Å². The number of halogens is 1. The summed E-state index contributed by atoms with van der Waals surface area (Å²) >= 11 is 2.04. The van der Waals surface area contributed by atoms with Crippen molar-refractivity contribution in [2.45, 2.75) is 50.9 Å². The molecule has 0 aliphatic carbocycles. The zero-order chi connectivity index (χ0) is 18.1. The van der Waals surface area contributed by atoms with Crippen molar-refractivity contribution in [3.63, 3.8) is 0 Å². The van der Waals surface area contributed by atoms with E-state index in [9.17, 15) is 4.79 Å². The third-order valence-corrected chi connectivity index (χ3v) is 5.81. The summed E-state index contributed by atoms with van der Waals surface area (Å²) in [7, 11) is 1.79. The van der Waals surface area contributed by atoms with E-state index < -0.39 is 0 Å². The summed E-state index contributed by atoms with van der Waals surface area (Å²) in [5.41, 5.74) is 1.82. The molecule has 1 aliphatic heterocycles. The van der Waals surface area contributed by atoms with E-state index in [1.54, 1.807) is 7.05 Å². The van der Waals surface area contributed by atoms with Crippen LogP contribution in [0.5, 0.6) is 0 Å². The highest BCUT2D eigenvalue weighted by molar-refractivity contribution is 14.0. The third-order valence-electron chi connectivity index (χ3n) is 4.41. The molecule has 5 nitrogen and oxygen atoms in total. The van der Waals surface area contributed by atoms with Gasteiger partial charge in [0.1, 0.15) is 0 Å². The predicted octanol–water partition coefficient (Wildman–Crippen LogP) is 3.39. The quantitative estimate of drug-likeness (QED) is 0.312. The molecular weight excluding hydrogens is 459 g/mol. The first kappa shape index (κ1) is 23.1. The Morgan fingerprint density at radius 3 is 2.62 bits per heavy atom. The zero-order valence-electron chi connectivity index (χ0n) is 15.9. The van der Waals surface area contributed by atoms with E-state index in [4.69, 9.17) is 0 Å². The molecule has 1 aromatic carbocycles. The van der Waals surface area contributed by atoms with Gasteiger partial charge in [-0.2, -0.15) is 11.8 Å². The van der Waals surface area contributed by atoms with Gasteiger partial charge in [-0.05, 0) is 49.6 Å². The number of guanidine groups is 1. The fourth-order valence-electron chi connectivity index (χ4n) is 2.61. The summed E-state index contributed by atoms with van der Waals surface area (Å²) in [6, 6.07) is 7.92. The van der Waals surface area contributed by atoms with Gasteiger partial charge in [0.2, 0.25) is 0 Å². The standard InChI is InChI=1S/C19H30N4OS.HI/c1-4-14(2)23-18(24)16-9-7-15(8-10-16)12-21-19(20-3)22-13-17-6-5-11-25-17;/h7-10,14,17H,4-6,11-13H2,1-3H3,(H,23,24)(H2,20,21,22);1H. The van der Waals surface area contributed by atoms with Crippen molar-refractivity contribution in [3.8, 4) is 0 Å². The van der Waals surface area contributed by atoms with Crippen LogP contribution in [0.1, 0.15) is 49.0 Å². The molecule has 2 unspecified atom stereocenters. The van der Waals surface area contributed by atoms with Gasteiger partial charge in [0.15, 0.2) is 5.96 Å². The number of hydrogen-bond donors (Lipinski definition) is 3. The van der Waals surface area contributed by atoms with Gasteiger partial charge in [-0.1, -0.05) is 19.1 Å². The SMILES string of the molecule is CCC(C)NC(=O)c1ccc(CNC(=NC)NCC2CCCS2)cc1.I. The van der Waals surface area contributed by atoms with E-state index in [-0.39, 0.29) is 35.9 Å². The minimum absolute atomic E-state index is 0. The molecule has 1 amide bonds. The first-order valence-electron chi connectivity index (χ1n) is 9.08. The van der Waals surface area contributed by atoms with Gasteiger partial charge in [-0.25, -0.2) is 0 Å². The molecule has 1 heterocycles. The molecule has 1 aromatic rings. The molecule has 26 heavy (non-hydrogen) atoms. The molecular formula is C19H31IN4OS. The van der Waals surface area contributed by atoms with Crippen LogP contribution >= 0.6 is 35.7 Å². The van der Waals surface area contributed by atoms with Gasteiger partial charge >= 0.3 is 0 Å². The molecule has 3 N–H and O–H groups in total. The summed E-state index contributed by atoms with van der Waals surface area (Å²) in [5.74, 6) is 2.08. The highest BCUT2D eigenvalue weighted by atomic mass is 127. The number of rotatable bonds is 7. The van der Waals surface area contributed by atoms with E-state index in [0.717, 1.165) is 24.5 Å². The number of carbonyl (C=O) groups is 1. The third kappa shape index (κ3) is 7.73. The Bertz CT molecular complexity index is 573. The fraction of sp³-hybridized carbons (Fsp3) is 0.579. The van der Waals surface area contributed by atoms with Crippen LogP contribution in [-0.2, 0) is 6.54 Å². The van der Waals surface area contributed by atoms with Crippen LogP contribution in [0.2, 0.25) is 0 Å². The maximum Gasteiger partial charge on any atom is 0.251 e. The minimum atomic E-state index is -0.0135. The normalized spacial score (nSPS) is 18.0. The zero-order valence-corrected chi connectivity index (χ0v) is 19.0. The lowest BCUT2D eigenvalue weighted by atomic mass is 10.1. The molecule has 0 spiro atoms. The number of hydrogen-bond acceptors (Lipinski definition) is 3. The van der Waals surface area contributed by atoms with Crippen molar-refractivity contribution in [1.29, 1.82) is 0 Å². The highest BCUT2D eigenvalue weighted by Gasteiger charge is 2.15. The van der Waals surface area contributed by atoms with Crippen molar-refractivity contribution in [2.24, 2.45) is 4.99 Å². The highest BCUT2D eigenvalue weighted by Crippen LogP contribution is 2.25. The Morgan fingerprint density at radius 2 is 2.04 bits per heavy atom. The van der Waals surface area contributed by atoms with Crippen molar-refractivity contribution in [2.75, 3.05) is 19.3 Å². The topological polar surface area (TPSA) is 65.5 Å². The lowest BCUT2D eigenvalue weighted by Crippen LogP contribution is -2.39. The summed E-state index contributed by atoms with van der Waals surface area (Å²) < 4.78 is 0. The number of benzene rings is 1. The van der Waals surface area contributed by atoms with Crippen LogP contribution in [0.3, 0.4) is 0 Å². The van der Waals surface area contributed by atoms with Crippen LogP contribution in [0.15, 0.2) is 29.3 Å². The average Bonchev–Trinajstić information content (AvgIpc) is 3.15. The molecule has 1 saturated heterocycles. The van der Waals surface area contributed by atoms with Crippen molar-refractivity contribution >= 4 is 47.6 Å². The smallest absolute Gasteiger partial charge is 0.251 e. The number of thioether (sulfide) groups is 1. The predicted molar refractivity (Wildman–Crippen MR) is 123 cm³/mol. The van der Waals surface area contributed by atoms with Crippen molar-refractivity contribution in [3.05, 3.63) is 35.4 Å². The van der Waals surface area contributed by atoms with Gasteiger partial charge in [0, 0.05) is 37.0 Å². The fourth-order valence-corrected chi connectivity index (χ4v) is 3.81. The molecule has 2 atom stereocenters. The van der Waals surface area contributed by atoms with E-state index in [1.165, 1.54) is 18.6 Å². The lowest BCUT2D eigenvalue weighted by Gasteiger charge is -2.15. The molecule has 0 aromatic heterocycles. The average molecular weight is 490 g/mol. The molecule has 0 bridgehead atoms. The second-order valence-electron chi connectivity index (χ2n) is 6.42. The lowest BCUT2D eigenvalue weighted by molar-refractivity contribution is 0.0939. The Labute approximate surface area is 178 Å². The molecule has 2 rings (SSSR count). The van der Waals surface area contributed by atoms with Crippen LogP contribution in [0, 0.1) is 0 Å². The first-order chi connectivity index (χ1) is 12.1. The summed E-state index contributed by atoms with van der Waals surface area (Å²) in [6.07, 6.45) is 3.54. The molecule has 146 valence electrons. The Morgan fingerprint density at radius 1 is 1.31 bits per heavy atom.